The second-order valence-corrected chi connectivity index (χ2v) is 5.64. The third-order valence-electron chi connectivity index (χ3n) is 3.17. The van der Waals surface area contributed by atoms with Crippen LogP contribution in [0.1, 0.15) is 38.5 Å². The molecule has 1 saturated carbocycles. The largest absolute Gasteiger partial charge is 0.481 e. The molecule has 2 amide bonds. The molecule has 1 aliphatic carbocycles. The van der Waals surface area contributed by atoms with Gasteiger partial charge in [-0.1, -0.05) is 12.8 Å². The lowest BCUT2D eigenvalue weighted by Crippen LogP contribution is -2.48. The molecule has 1 fully saturated rings. The van der Waals surface area contributed by atoms with Crippen molar-refractivity contribution >= 4 is 23.8 Å². The fourth-order valence-electron chi connectivity index (χ4n) is 2.21. The van der Waals surface area contributed by atoms with Gasteiger partial charge in [0, 0.05) is 24.3 Å². The van der Waals surface area contributed by atoms with E-state index in [-0.39, 0.29) is 18.5 Å². The Morgan fingerprint density at radius 3 is 2.72 bits per heavy atom. The van der Waals surface area contributed by atoms with E-state index in [1.807, 2.05) is 11.8 Å². The number of amides is 2. The van der Waals surface area contributed by atoms with Crippen LogP contribution in [-0.4, -0.2) is 41.2 Å². The monoisotopic (exact) mass is 274 g/mol. The SMILES string of the molecule is CS[C@H]1CCCC[C@@H]1NC(=O)NCCCC(=O)O. The Labute approximate surface area is 112 Å². The maximum atomic E-state index is 11.6. The molecule has 0 aliphatic heterocycles. The number of urea groups is 1. The van der Waals surface area contributed by atoms with Crippen LogP contribution in [0, 0.1) is 0 Å². The summed E-state index contributed by atoms with van der Waals surface area (Å²) in [7, 11) is 0. The summed E-state index contributed by atoms with van der Waals surface area (Å²) in [6.07, 6.45) is 7.25. The quantitative estimate of drug-likeness (QED) is 0.646. The number of rotatable bonds is 6. The molecule has 0 aromatic carbocycles. The molecule has 0 unspecified atom stereocenters. The number of carboxylic acid groups (broad SMARTS) is 1. The molecule has 0 radical (unpaired) electrons. The van der Waals surface area contributed by atoms with Gasteiger partial charge in [0.15, 0.2) is 0 Å². The minimum absolute atomic E-state index is 0.0944. The van der Waals surface area contributed by atoms with Crippen LogP contribution in [0.4, 0.5) is 4.79 Å². The standard InChI is InChI=1S/C12H22N2O3S/c1-18-10-6-3-2-5-9(10)14-12(17)13-8-4-7-11(15)16/h9-10H,2-8H2,1H3,(H,15,16)(H2,13,14,17)/t9-,10-/m0/s1. The zero-order chi connectivity index (χ0) is 13.4. The highest BCUT2D eigenvalue weighted by Crippen LogP contribution is 2.26. The molecule has 18 heavy (non-hydrogen) atoms. The molecule has 5 nitrogen and oxygen atoms in total. The molecule has 0 aromatic heterocycles. The van der Waals surface area contributed by atoms with Crippen LogP contribution in [0.2, 0.25) is 0 Å². The fourth-order valence-corrected chi connectivity index (χ4v) is 3.14. The van der Waals surface area contributed by atoms with Gasteiger partial charge in [-0.15, -0.1) is 0 Å². The Kier molecular flexibility index (Phi) is 6.93. The smallest absolute Gasteiger partial charge is 0.315 e. The van der Waals surface area contributed by atoms with E-state index >= 15 is 0 Å². The molecule has 0 heterocycles. The topological polar surface area (TPSA) is 78.4 Å². The van der Waals surface area contributed by atoms with Crippen molar-refractivity contribution in [3.8, 4) is 0 Å². The number of nitrogens with one attached hydrogen (secondary N) is 2. The van der Waals surface area contributed by atoms with Crippen LogP contribution < -0.4 is 10.6 Å². The zero-order valence-electron chi connectivity index (χ0n) is 10.8. The van der Waals surface area contributed by atoms with Crippen molar-refractivity contribution < 1.29 is 14.7 Å². The summed E-state index contributed by atoms with van der Waals surface area (Å²) < 4.78 is 0. The second kappa shape index (κ2) is 8.24. The summed E-state index contributed by atoms with van der Waals surface area (Å²) in [5, 5.41) is 14.7. The summed E-state index contributed by atoms with van der Waals surface area (Å²) >= 11 is 1.81. The molecular formula is C12H22N2O3S. The van der Waals surface area contributed by atoms with Crippen molar-refractivity contribution in [1.82, 2.24) is 10.6 Å². The minimum Gasteiger partial charge on any atom is -0.481 e. The number of aliphatic carboxylic acids is 1. The molecule has 0 aromatic rings. The van der Waals surface area contributed by atoms with E-state index in [0.29, 0.717) is 18.2 Å². The van der Waals surface area contributed by atoms with Gasteiger partial charge in [0.25, 0.3) is 0 Å². The molecule has 0 bridgehead atoms. The predicted octanol–water partition coefficient (Wildman–Crippen LogP) is 1.82. The van der Waals surface area contributed by atoms with Gasteiger partial charge in [-0.3, -0.25) is 4.79 Å². The van der Waals surface area contributed by atoms with Crippen molar-refractivity contribution in [2.75, 3.05) is 12.8 Å². The summed E-state index contributed by atoms with van der Waals surface area (Å²) in [4.78, 5) is 22.0. The number of hydrogen-bond donors (Lipinski definition) is 3. The Bertz CT molecular complexity index is 286. The Morgan fingerprint density at radius 1 is 1.33 bits per heavy atom. The van der Waals surface area contributed by atoms with Crippen LogP contribution in [0.25, 0.3) is 0 Å². The average Bonchev–Trinajstić information content (AvgIpc) is 2.35. The summed E-state index contributed by atoms with van der Waals surface area (Å²) in [5.41, 5.74) is 0. The van der Waals surface area contributed by atoms with E-state index in [4.69, 9.17) is 5.11 Å². The van der Waals surface area contributed by atoms with Crippen LogP contribution >= 0.6 is 11.8 Å². The van der Waals surface area contributed by atoms with Gasteiger partial charge in [-0.2, -0.15) is 11.8 Å². The molecule has 0 spiro atoms. The Morgan fingerprint density at radius 2 is 2.06 bits per heavy atom. The van der Waals surface area contributed by atoms with Crippen LogP contribution in [0.5, 0.6) is 0 Å². The first-order chi connectivity index (χ1) is 8.63. The van der Waals surface area contributed by atoms with Crippen molar-refractivity contribution in [3.63, 3.8) is 0 Å². The third-order valence-corrected chi connectivity index (χ3v) is 4.34. The Balaban J connectivity index is 2.19. The van der Waals surface area contributed by atoms with Gasteiger partial charge < -0.3 is 15.7 Å². The average molecular weight is 274 g/mol. The molecule has 1 aliphatic rings. The number of thioether (sulfide) groups is 1. The number of hydrogen-bond acceptors (Lipinski definition) is 3. The number of carbonyl (C=O) groups excluding carboxylic acids is 1. The summed E-state index contributed by atoms with van der Waals surface area (Å²) in [6.45, 7) is 0.411. The predicted molar refractivity (Wildman–Crippen MR) is 73.0 cm³/mol. The van der Waals surface area contributed by atoms with Crippen molar-refractivity contribution in [1.29, 1.82) is 0 Å². The molecule has 1 rings (SSSR count). The fraction of sp³-hybridized carbons (Fsp3) is 0.833. The van der Waals surface area contributed by atoms with Gasteiger partial charge in [-0.25, -0.2) is 4.79 Å². The number of carbonyl (C=O) groups is 2. The highest BCUT2D eigenvalue weighted by atomic mass is 32.2. The summed E-state index contributed by atoms with van der Waals surface area (Å²) in [6, 6.07) is 0.0690. The van der Waals surface area contributed by atoms with Crippen LogP contribution in [0.3, 0.4) is 0 Å². The van der Waals surface area contributed by atoms with E-state index in [9.17, 15) is 9.59 Å². The van der Waals surface area contributed by atoms with Crippen LogP contribution in [0.15, 0.2) is 0 Å². The van der Waals surface area contributed by atoms with Crippen LogP contribution in [-0.2, 0) is 4.79 Å². The normalized spacial score (nSPS) is 23.4. The molecular weight excluding hydrogens is 252 g/mol. The molecule has 104 valence electrons. The Hall–Kier alpha value is -0.910. The first kappa shape index (κ1) is 15.1. The number of carboxylic acids is 1. The van der Waals surface area contributed by atoms with E-state index < -0.39 is 5.97 Å². The lowest BCUT2D eigenvalue weighted by molar-refractivity contribution is -0.137. The molecule has 6 heteroatoms. The third kappa shape index (κ3) is 5.62. The lowest BCUT2D eigenvalue weighted by Gasteiger charge is -2.30. The summed E-state index contributed by atoms with van der Waals surface area (Å²) in [5.74, 6) is -0.827. The first-order valence-corrected chi connectivity index (χ1v) is 7.71. The zero-order valence-corrected chi connectivity index (χ0v) is 11.6. The highest BCUT2D eigenvalue weighted by Gasteiger charge is 2.25. The second-order valence-electron chi connectivity index (χ2n) is 4.56. The molecule has 2 atom stereocenters. The van der Waals surface area contributed by atoms with E-state index in [2.05, 4.69) is 16.9 Å². The van der Waals surface area contributed by atoms with Gasteiger partial charge in [0.05, 0.1) is 0 Å². The maximum Gasteiger partial charge on any atom is 0.315 e. The van der Waals surface area contributed by atoms with Gasteiger partial charge in [-0.05, 0) is 25.5 Å². The highest BCUT2D eigenvalue weighted by molar-refractivity contribution is 7.99. The van der Waals surface area contributed by atoms with Gasteiger partial charge in [0.2, 0.25) is 0 Å². The lowest BCUT2D eigenvalue weighted by atomic mass is 9.95. The maximum absolute atomic E-state index is 11.6. The first-order valence-electron chi connectivity index (χ1n) is 6.42. The van der Waals surface area contributed by atoms with Crippen molar-refractivity contribution in [2.45, 2.75) is 49.8 Å². The van der Waals surface area contributed by atoms with E-state index in [1.54, 1.807) is 0 Å². The van der Waals surface area contributed by atoms with E-state index in [1.165, 1.54) is 12.8 Å². The minimum atomic E-state index is -0.827. The molecule has 0 saturated heterocycles. The van der Waals surface area contributed by atoms with E-state index in [0.717, 1.165) is 12.8 Å². The van der Waals surface area contributed by atoms with Gasteiger partial charge >= 0.3 is 12.0 Å². The van der Waals surface area contributed by atoms with Crippen molar-refractivity contribution in [3.05, 3.63) is 0 Å². The van der Waals surface area contributed by atoms with Crippen molar-refractivity contribution in [2.24, 2.45) is 0 Å². The van der Waals surface area contributed by atoms with Gasteiger partial charge in [0.1, 0.15) is 0 Å². The molecule has 3 N–H and O–H groups in total.